The molecule has 1 amide bonds. The summed E-state index contributed by atoms with van der Waals surface area (Å²) in [5.74, 6) is -0.200. The van der Waals surface area contributed by atoms with E-state index in [4.69, 9.17) is 4.84 Å². The number of carbonyl (C=O) groups excluding carboxylic acids is 1. The zero-order chi connectivity index (χ0) is 10.8. The smallest absolute Gasteiger partial charge is 0.274 e. The monoisotopic (exact) mass is 223 g/mol. The maximum absolute atomic E-state index is 11.8. The molecular formula is C9H9N3O2S. The van der Waals surface area contributed by atoms with Crippen molar-refractivity contribution in [2.75, 3.05) is 14.2 Å². The first-order valence-corrected chi connectivity index (χ1v) is 5.04. The lowest BCUT2D eigenvalue weighted by Crippen LogP contribution is -2.25. The molecule has 2 aromatic rings. The maximum Gasteiger partial charge on any atom is 0.278 e. The molecule has 0 unspecified atom stereocenters. The van der Waals surface area contributed by atoms with Crippen molar-refractivity contribution in [2.24, 2.45) is 0 Å². The van der Waals surface area contributed by atoms with Gasteiger partial charge in [0.1, 0.15) is 5.52 Å². The number of amides is 1. The van der Waals surface area contributed by atoms with Crippen molar-refractivity contribution < 1.29 is 9.63 Å². The van der Waals surface area contributed by atoms with Crippen LogP contribution in [0.5, 0.6) is 0 Å². The lowest BCUT2D eigenvalue weighted by molar-refractivity contribution is -0.0755. The van der Waals surface area contributed by atoms with E-state index in [1.54, 1.807) is 19.2 Å². The van der Waals surface area contributed by atoms with E-state index in [2.05, 4.69) is 9.59 Å². The van der Waals surface area contributed by atoms with Gasteiger partial charge in [0, 0.05) is 7.05 Å². The van der Waals surface area contributed by atoms with Gasteiger partial charge >= 0.3 is 0 Å². The average Bonchev–Trinajstić information content (AvgIpc) is 2.74. The standard InChI is InChI=1S/C9H9N3O2S/c1-12(14-2)9(13)6-4-3-5-7-8(6)15-11-10-7/h3-5H,1-2H3. The van der Waals surface area contributed by atoms with Gasteiger partial charge in [0.05, 0.1) is 17.4 Å². The van der Waals surface area contributed by atoms with Gasteiger partial charge in [0.2, 0.25) is 0 Å². The van der Waals surface area contributed by atoms with Gasteiger partial charge in [0.25, 0.3) is 5.91 Å². The number of fused-ring (bicyclic) bond motifs is 1. The van der Waals surface area contributed by atoms with E-state index in [-0.39, 0.29) is 5.91 Å². The molecule has 0 aliphatic rings. The van der Waals surface area contributed by atoms with Crippen LogP contribution < -0.4 is 0 Å². The van der Waals surface area contributed by atoms with Crippen molar-refractivity contribution >= 4 is 27.7 Å². The minimum Gasteiger partial charge on any atom is -0.274 e. The number of rotatable bonds is 2. The van der Waals surface area contributed by atoms with Crippen molar-refractivity contribution in [3.8, 4) is 0 Å². The fraction of sp³-hybridized carbons (Fsp3) is 0.222. The molecule has 0 radical (unpaired) electrons. The number of hydrogen-bond donors (Lipinski definition) is 0. The quantitative estimate of drug-likeness (QED) is 0.721. The second kappa shape index (κ2) is 3.92. The molecule has 15 heavy (non-hydrogen) atoms. The Labute approximate surface area is 90.4 Å². The largest absolute Gasteiger partial charge is 0.278 e. The summed E-state index contributed by atoms with van der Waals surface area (Å²) in [5, 5.41) is 5.08. The van der Waals surface area contributed by atoms with Crippen molar-refractivity contribution in [3.05, 3.63) is 23.8 Å². The van der Waals surface area contributed by atoms with Gasteiger partial charge in [-0.3, -0.25) is 9.63 Å². The number of benzene rings is 1. The summed E-state index contributed by atoms with van der Waals surface area (Å²) in [6.07, 6.45) is 0. The molecule has 0 saturated heterocycles. The SMILES string of the molecule is CON(C)C(=O)c1cccc2nnsc12. The van der Waals surface area contributed by atoms with Crippen LogP contribution in [0.4, 0.5) is 0 Å². The van der Waals surface area contributed by atoms with Crippen LogP contribution in [0, 0.1) is 0 Å². The molecule has 1 heterocycles. The molecule has 0 bridgehead atoms. The highest BCUT2D eigenvalue weighted by atomic mass is 32.1. The zero-order valence-electron chi connectivity index (χ0n) is 8.30. The third kappa shape index (κ3) is 1.69. The molecule has 78 valence electrons. The normalized spacial score (nSPS) is 10.5. The molecule has 0 spiro atoms. The molecule has 0 atom stereocenters. The van der Waals surface area contributed by atoms with Crippen LogP contribution in [0.25, 0.3) is 10.2 Å². The second-order valence-corrected chi connectivity index (χ2v) is 3.67. The molecule has 0 saturated carbocycles. The lowest BCUT2D eigenvalue weighted by atomic mass is 10.2. The van der Waals surface area contributed by atoms with Crippen molar-refractivity contribution in [1.82, 2.24) is 14.7 Å². The predicted molar refractivity (Wildman–Crippen MR) is 56.5 cm³/mol. The summed E-state index contributed by atoms with van der Waals surface area (Å²) >= 11 is 1.21. The van der Waals surface area contributed by atoms with E-state index < -0.39 is 0 Å². The van der Waals surface area contributed by atoms with E-state index in [0.29, 0.717) is 5.56 Å². The van der Waals surface area contributed by atoms with Crippen molar-refractivity contribution in [3.63, 3.8) is 0 Å². The summed E-state index contributed by atoms with van der Waals surface area (Å²) < 4.78 is 4.59. The maximum atomic E-state index is 11.8. The second-order valence-electron chi connectivity index (χ2n) is 2.91. The van der Waals surface area contributed by atoms with Gasteiger partial charge in [0.15, 0.2) is 0 Å². The Morgan fingerprint density at radius 1 is 1.53 bits per heavy atom. The van der Waals surface area contributed by atoms with Gasteiger partial charge in [-0.15, -0.1) is 5.10 Å². The summed E-state index contributed by atoms with van der Waals surface area (Å²) in [7, 11) is 3.01. The Morgan fingerprint density at radius 3 is 3.07 bits per heavy atom. The highest BCUT2D eigenvalue weighted by Crippen LogP contribution is 2.21. The number of hydroxylamine groups is 2. The Hall–Kier alpha value is -1.53. The Morgan fingerprint density at radius 2 is 2.33 bits per heavy atom. The summed E-state index contributed by atoms with van der Waals surface area (Å²) in [5.41, 5.74) is 1.29. The van der Waals surface area contributed by atoms with E-state index in [1.807, 2.05) is 6.07 Å². The van der Waals surface area contributed by atoms with E-state index in [0.717, 1.165) is 10.2 Å². The summed E-state index contributed by atoms with van der Waals surface area (Å²) in [6.45, 7) is 0. The minimum absolute atomic E-state index is 0.200. The van der Waals surface area contributed by atoms with Crippen LogP contribution in [0.3, 0.4) is 0 Å². The number of carbonyl (C=O) groups is 1. The van der Waals surface area contributed by atoms with Gasteiger partial charge in [-0.05, 0) is 23.7 Å². The molecule has 0 N–H and O–H groups in total. The van der Waals surface area contributed by atoms with Crippen LogP contribution >= 0.6 is 11.5 Å². The van der Waals surface area contributed by atoms with Crippen molar-refractivity contribution in [1.29, 1.82) is 0 Å². The fourth-order valence-corrected chi connectivity index (χ4v) is 1.89. The summed E-state index contributed by atoms with van der Waals surface area (Å²) in [4.78, 5) is 16.7. The molecule has 1 aromatic carbocycles. The molecular weight excluding hydrogens is 214 g/mol. The third-order valence-corrected chi connectivity index (χ3v) is 2.84. The van der Waals surface area contributed by atoms with E-state index >= 15 is 0 Å². The van der Waals surface area contributed by atoms with Crippen molar-refractivity contribution in [2.45, 2.75) is 0 Å². The average molecular weight is 223 g/mol. The fourth-order valence-electron chi connectivity index (χ4n) is 1.23. The molecule has 6 heteroatoms. The summed E-state index contributed by atoms with van der Waals surface area (Å²) in [6, 6.07) is 5.34. The number of hydrogen-bond acceptors (Lipinski definition) is 5. The van der Waals surface area contributed by atoms with E-state index in [9.17, 15) is 4.79 Å². The predicted octanol–water partition coefficient (Wildman–Crippen LogP) is 1.32. The van der Waals surface area contributed by atoms with Gasteiger partial charge in [-0.25, -0.2) is 5.06 Å². The lowest BCUT2D eigenvalue weighted by Gasteiger charge is -2.13. The van der Waals surface area contributed by atoms with Crippen LogP contribution in [0.1, 0.15) is 10.4 Å². The number of aromatic nitrogens is 2. The Balaban J connectivity index is 2.51. The first-order valence-electron chi connectivity index (χ1n) is 4.27. The first kappa shape index (κ1) is 10.0. The van der Waals surface area contributed by atoms with Crippen LogP contribution in [0.2, 0.25) is 0 Å². The van der Waals surface area contributed by atoms with Gasteiger partial charge < -0.3 is 0 Å². The molecule has 1 aromatic heterocycles. The number of nitrogens with zero attached hydrogens (tertiary/aromatic N) is 3. The molecule has 5 nitrogen and oxygen atoms in total. The molecule has 0 aliphatic heterocycles. The highest BCUT2D eigenvalue weighted by Gasteiger charge is 2.16. The molecule has 0 aliphatic carbocycles. The van der Waals surface area contributed by atoms with Crippen LogP contribution in [-0.2, 0) is 4.84 Å². The van der Waals surface area contributed by atoms with Crippen LogP contribution in [0.15, 0.2) is 18.2 Å². The first-order chi connectivity index (χ1) is 7.24. The van der Waals surface area contributed by atoms with E-state index in [1.165, 1.54) is 23.7 Å². The Bertz CT molecular complexity index is 497. The Kier molecular flexibility index (Phi) is 2.61. The topological polar surface area (TPSA) is 55.3 Å². The molecule has 2 rings (SSSR count). The zero-order valence-corrected chi connectivity index (χ0v) is 9.11. The minimum atomic E-state index is -0.200. The molecule has 0 fully saturated rings. The highest BCUT2D eigenvalue weighted by molar-refractivity contribution is 7.13. The van der Waals surface area contributed by atoms with Crippen LogP contribution in [-0.4, -0.2) is 34.7 Å². The van der Waals surface area contributed by atoms with Gasteiger partial charge in [-0.1, -0.05) is 10.6 Å². The third-order valence-electron chi connectivity index (χ3n) is 2.07. The van der Waals surface area contributed by atoms with Gasteiger partial charge in [-0.2, -0.15) is 0 Å².